The van der Waals surface area contributed by atoms with E-state index in [1.54, 1.807) is 12.5 Å². The van der Waals surface area contributed by atoms with E-state index in [-0.39, 0.29) is 20.1 Å². The summed E-state index contributed by atoms with van der Waals surface area (Å²) in [6, 6.07) is 47.4. The second kappa shape index (κ2) is 16.2. The topological polar surface area (TPSA) is 43.6 Å². The van der Waals surface area contributed by atoms with Gasteiger partial charge in [-0.25, -0.2) is 6.07 Å². The number of benzene rings is 4. The van der Waals surface area contributed by atoms with Gasteiger partial charge >= 0.3 is 0 Å². The maximum absolute atomic E-state index is 4.13. The molecule has 0 N–H and O–H groups in total. The Kier molecular flexibility index (Phi) is 12.1. The van der Waals surface area contributed by atoms with E-state index in [0.717, 1.165) is 11.4 Å². The molecule has 1 radical (unpaired) electrons. The number of rotatable bonds is 8. The first-order valence-electron chi connectivity index (χ1n) is 13.4. The fourth-order valence-corrected chi connectivity index (χ4v) is 10.9. The molecule has 41 heavy (non-hydrogen) atoms. The zero-order chi connectivity index (χ0) is 27.4. The van der Waals surface area contributed by atoms with Crippen LogP contribution in [0.3, 0.4) is 0 Å². The van der Waals surface area contributed by atoms with Gasteiger partial charge in [0.25, 0.3) is 0 Å². The van der Waals surface area contributed by atoms with Gasteiger partial charge in [0.05, 0.1) is 43.4 Å². The number of nitrogens with zero attached hydrogens (tertiary/aromatic N) is 4. The number of hydrogen-bond acceptors (Lipinski definition) is 3. The van der Waals surface area contributed by atoms with Crippen LogP contribution in [0.2, 0.25) is 0 Å². The molecule has 0 spiro atoms. The molecule has 7 heteroatoms. The summed E-state index contributed by atoms with van der Waals surface area (Å²) in [4.78, 5) is 11.9. The fourth-order valence-electron chi connectivity index (χ4n) is 4.65. The molecule has 0 fully saturated rings. The average molecular weight is 752 g/mol. The molecule has 0 aliphatic carbocycles. The molecule has 0 aliphatic heterocycles. The molecule has 4 aromatic carbocycles. The van der Waals surface area contributed by atoms with Gasteiger partial charge in [0, 0.05) is 27.2 Å². The van der Waals surface area contributed by atoms with Crippen LogP contribution in [0.5, 0.6) is 0 Å². The van der Waals surface area contributed by atoms with Crippen molar-refractivity contribution >= 4 is 37.1 Å². The van der Waals surface area contributed by atoms with Gasteiger partial charge in [-0.3, -0.25) is 9.97 Å². The molecule has 6 aromatic rings. The monoisotopic (exact) mass is 752 g/mol. The molecule has 207 valence electrons. The van der Waals surface area contributed by atoms with Crippen molar-refractivity contribution < 1.29 is 20.1 Å². The first-order valence-corrected chi connectivity index (χ1v) is 16.8. The van der Waals surface area contributed by atoms with Crippen molar-refractivity contribution in [3.8, 4) is 11.4 Å². The van der Waals surface area contributed by atoms with Gasteiger partial charge in [-0.05, 0) is 54.2 Å². The Morgan fingerprint density at radius 3 is 1.34 bits per heavy atom. The summed E-state index contributed by atoms with van der Waals surface area (Å²) < 4.78 is 1.87. The SMILES string of the molecule is Cn1cnc(-c2[c-]cncn2)c1.[Ir].c1ccc([PH+](CC[PH+](c2ccccc2)c2ccccc2)c2ccccc2)cc1. The van der Waals surface area contributed by atoms with Crippen LogP contribution in [0, 0.1) is 6.07 Å². The van der Waals surface area contributed by atoms with Crippen molar-refractivity contribution in [1.29, 1.82) is 0 Å². The molecular formula is C34H33IrN4P2+. The van der Waals surface area contributed by atoms with Gasteiger partial charge in [-0.1, -0.05) is 90.9 Å². The van der Waals surface area contributed by atoms with Crippen molar-refractivity contribution in [2.45, 2.75) is 0 Å². The van der Waals surface area contributed by atoms with E-state index in [0.29, 0.717) is 0 Å². The van der Waals surface area contributed by atoms with Gasteiger partial charge in [-0.2, -0.15) is 0 Å². The minimum absolute atomic E-state index is 0. The molecule has 2 heterocycles. The third-order valence-corrected chi connectivity index (χ3v) is 12.7. The van der Waals surface area contributed by atoms with Gasteiger partial charge in [0.15, 0.2) is 0 Å². The predicted octanol–water partition coefficient (Wildman–Crippen LogP) is 5.39. The zero-order valence-electron chi connectivity index (χ0n) is 22.9. The van der Waals surface area contributed by atoms with E-state index in [1.165, 1.54) is 39.9 Å². The standard InChI is InChI=1S/C26H24P2.C8H7N4.Ir/c1-5-13-23(14-6-1)27(24-15-7-2-8-16-24)21-22-28(25-17-9-3-10-18-25)26-19-11-4-12-20-26;1-12-4-8(11-6-12)7-2-3-9-5-10-7;/h1-20H,21-22H2;3-6H,1H3;/q;-1;/p+2. The van der Waals surface area contributed by atoms with Crippen LogP contribution in [0.15, 0.2) is 146 Å². The maximum Gasteiger partial charge on any atom is 0.110 e. The molecule has 0 saturated carbocycles. The molecule has 0 bridgehead atoms. The van der Waals surface area contributed by atoms with Crippen molar-refractivity contribution in [2.75, 3.05) is 12.3 Å². The molecule has 0 amide bonds. The summed E-state index contributed by atoms with van der Waals surface area (Å²) >= 11 is 0. The number of hydrogen-bond donors (Lipinski definition) is 0. The summed E-state index contributed by atoms with van der Waals surface area (Å²) in [6.07, 6.45) is 9.20. The van der Waals surface area contributed by atoms with Crippen LogP contribution < -0.4 is 21.2 Å². The molecule has 0 saturated heterocycles. The molecule has 0 unspecified atom stereocenters. The van der Waals surface area contributed by atoms with Crippen molar-refractivity contribution in [3.63, 3.8) is 0 Å². The van der Waals surface area contributed by atoms with Gasteiger partial charge in [0.2, 0.25) is 0 Å². The van der Waals surface area contributed by atoms with Crippen molar-refractivity contribution in [2.24, 2.45) is 7.05 Å². The second-order valence-corrected chi connectivity index (χ2v) is 14.6. The Bertz CT molecular complexity index is 1390. The van der Waals surface area contributed by atoms with E-state index in [2.05, 4.69) is 142 Å². The Morgan fingerprint density at radius 2 is 1.02 bits per heavy atom. The van der Waals surface area contributed by atoms with Crippen LogP contribution in [-0.2, 0) is 27.2 Å². The smallest absolute Gasteiger partial charge is 0.110 e. The molecule has 0 aliphatic rings. The molecule has 2 aromatic heterocycles. The largest absolute Gasteiger partial charge is 0.359 e. The number of aromatic nitrogens is 4. The summed E-state index contributed by atoms with van der Waals surface area (Å²) in [5.41, 5.74) is 1.55. The van der Waals surface area contributed by atoms with E-state index in [9.17, 15) is 0 Å². The minimum atomic E-state index is -0.783. The third-order valence-electron chi connectivity index (χ3n) is 6.59. The first-order chi connectivity index (χ1) is 19.8. The zero-order valence-corrected chi connectivity index (χ0v) is 27.3. The summed E-state index contributed by atoms with van der Waals surface area (Å²) in [5.74, 6) is 0. The molecule has 4 nitrogen and oxygen atoms in total. The van der Waals surface area contributed by atoms with Gasteiger partial charge in [-0.15, -0.1) is 0 Å². The van der Waals surface area contributed by atoms with E-state index in [4.69, 9.17) is 0 Å². The predicted molar refractivity (Wildman–Crippen MR) is 174 cm³/mol. The van der Waals surface area contributed by atoms with Crippen LogP contribution in [0.4, 0.5) is 0 Å². The van der Waals surface area contributed by atoms with Gasteiger partial charge < -0.3 is 9.55 Å². The van der Waals surface area contributed by atoms with Crippen LogP contribution in [0.25, 0.3) is 11.4 Å². The number of imidazole rings is 1. The van der Waals surface area contributed by atoms with Crippen molar-refractivity contribution in [1.82, 2.24) is 19.5 Å². The fraction of sp³-hybridized carbons (Fsp3) is 0.0882. The van der Waals surface area contributed by atoms with E-state index >= 15 is 0 Å². The van der Waals surface area contributed by atoms with Crippen molar-refractivity contribution in [3.05, 3.63) is 152 Å². The Balaban J connectivity index is 0.000000249. The minimum Gasteiger partial charge on any atom is -0.359 e. The molecule has 6 rings (SSSR count). The summed E-state index contributed by atoms with van der Waals surface area (Å²) in [5, 5.41) is 6.06. The van der Waals surface area contributed by atoms with E-state index < -0.39 is 15.8 Å². The molecule has 0 atom stereocenters. The van der Waals surface area contributed by atoms with Crippen LogP contribution in [0.1, 0.15) is 0 Å². The maximum atomic E-state index is 4.13. The normalized spacial score (nSPS) is 10.5. The first kappa shape index (κ1) is 30.6. The third kappa shape index (κ3) is 8.83. The second-order valence-electron chi connectivity index (χ2n) is 9.36. The summed E-state index contributed by atoms with van der Waals surface area (Å²) in [6.45, 7) is 0. The number of aryl methyl sites for hydroxylation is 1. The Hall–Kier alpha value is -3.32. The van der Waals surface area contributed by atoms with Gasteiger partial charge in [0.1, 0.15) is 18.7 Å². The van der Waals surface area contributed by atoms with E-state index in [1.807, 2.05) is 17.8 Å². The Morgan fingerprint density at radius 1 is 0.610 bits per heavy atom. The quantitative estimate of drug-likeness (QED) is 0.155. The molecular weight excluding hydrogens is 719 g/mol. The Labute approximate surface area is 258 Å². The van der Waals surface area contributed by atoms with Crippen LogP contribution in [-0.4, -0.2) is 31.8 Å². The van der Waals surface area contributed by atoms with Crippen LogP contribution >= 0.6 is 15.8 Å². The summed E-state index contributed by atoms with van der Waals surface area (Å²) in [7, 11) is 0.348. The average Bonchev–Trinajstić information content (AvgIpc) is 3.48.